The summed E-state index contributed by atoms with van der Waals surface area (Å²) in [5.41, 5.74) is 8.65. The summed E-state index contributed by atoms with van der Waals surface area (Å²) in [6.45, 7) is 6.89. The van der Waals surface area contributed by atoms with Crippen LogP contribution in [-0.2, 0) is 6.42 Å². The first-order chi connectivity index (χ1) is 7.78. The molecule has 0 fully saturated rings. The van der Waals surface area contributed by atoms with Crippen LogP contribution in [0, 0.1) is 6.57 Å². The first kappa shape index (κ1) is 10.2. The van der Waals surface area contributed by atoms with Crippen molar-refractivity contribution in [3.63, 3.8) is 0 Å². The van der Waals surface area contributed by atoms with E-state index in [4.69, 9.17) is 12.3 Å². The van der Waals surface area contributed by atoms with Crippen LogP contribution in [0.5, 0.6) is 0 Å². The summed E-state index contributed by atoms with van der Waals surface area (Å²) in [5, 5.41) is 0. The molecule has 0 aliphatic carbocycles. The molecule has 2 rings (SSSR count). The fourth-order valence-corrected chi connectivity index (χ4v) is 1.50. The number of rotatable bonds is 2. The molecule has 1 aromatic heterocycles. The monoisotopic (exact) mass is 209 g/mol. The van der Waals surface area contributed by atoms with Crippen molar-refractivity contribution in [2.45, 2.75) is 6.42 Å². The molecule has 0 saturated carbocycles. The fraction of sp³-hybridized carbons (Fsp3) is 0.0769. The Kier molecular flexibility index (Phi) is 2.84. The number of nitrogen functional groups attached to an aromatic ring is 1. The van der Waals surface area contributed by atoms with E-state index < -0.39 is 0 Å². The predicted octanol–water partition coefficient (Wildman–Crippen LogP) is 2.81. The van der Waals surface area contributed by atoms with Gasteiger partial charge in [-0.25, -0.2) is 0 Å². The lowest BCUT2D eigenvalue weighted by molar-refractivity contribution is 1.17. The third-order valence-corrected chi connectivity index (χ3v) is 2.31. The Balaban J connectivity index is 2.21. The highest BCUT2D eigenvalue weighted by Gasteiger charge is 1.99. The molecule has 0 amide bonds. The molecule has 0 unspecified atom stereocenters. The lowest BCUT2D eigenvalue weighted by atomic mass is 10.1. The van der Waals surface area contributed by atoms with Crippen LogP contribution in [-0.4, -0.2) is 4.98 Å². The van der Waals surface area contributed by atoms with Crippen LogP contribution < -0.4 is 5.73 Å². The van der Waals surface area contributed by atoms with Gasteiger partial charge in [0.2, 0.25) is 0 Å². The van der Waals surface area contributed by atoms with E-state index in [1.807, 2.05) is 36.4 Å². The van der Waals surface area contributed by atoms with Gasteiger partial charge in [-0.05, 0) is 41.8 Å². The van der Waals surface area contributed by atoms with Gasteiger partial charge in [0.15, 0.2) is 0 Å². The molecular formula is C13H11N3. The molecule has 0 radical (unpaired) electrons. The second-order valence-corrected chi connectivity index (χ2v) is 3.55. The standard InChI is InChI=1S/C13H11N3/c1-15-13-9-11(6-7-16-13)8-10-2-4-12(14)5-3-10/h2-7,9H,8,14H2. The van der Waals surface area contributed by atoms with Crippen LogP contribution in [0.15, 0.2) is 42.6 Å². The Morgan fingerprint density at radius 3 is 2.56 bits per heavy atom. The van der Waals surface area contributed by atoms with Gasteiger partial charge in [0.25, 0.3) is 5.82 Å². The third-order valence-electron chi connectivity index (χ3n) is 2.31. The summed E-state index contributed by atoms with van der Waals surface area (Å²) in [6, 6.07) is 11.5. The van der Waals surface area contributed by atoms with Gasteiger partial charge >= 0.3 is 0 Å². The zero-order chi connectivity index (χ0) is 11.4. The molecule has 0 atom stereocenters. The molecule has 78 valence electrons. The van der Waals surface area contributed by atoms with Gasteiger partial charge in [-0.1, -0.05) is 18.7 Å². The Morgan fingerprint density at radius 1 is 1.12 bits per heavy atom. The van der Waals surface area contributed by atoms with Crippen LogP contribution in [0.3, 0.4) is 0 Å². The Hall–Kier alpha value is -2.34. The summed E-state index contributed by atoms with van der Waals surface area (Å²) < 4.78 is 0. The second-order valence-electron chi connectivity index (χ2n) is 3.55. The van der Waals surface area contributed by atoms with E-state index in [2.05, 4.69) is 9.83 Å². The van der Waals surface area contributed by atoms with E-state index >= 15 is 0 Å². The minimum absolute atomic E-state index is 0.438. The molecule has 2 aromatic rings. The van der Waals surface area contributed by atoms with Crippen LogP contribution >= 0.6 is 0 Å². The van der Waals surface area contributed by atoms with Gasteiger partial charge in [-0.3, -0.25) is 0 Å². The highest BCUT2D eigenvalue weighted by Crippen LogP contribution is 2.15. The SMILES string of the molecule is [C-]#[N+]c1cc(Cc2ccc(N)cc2)ccn1. The van der Waals surface area contributed by atoms with E-state index in [1.54, 1.807) is 6.20 Å². The minimum atomic E-state index is 0.438. The Labute approximate surface area is 94.4 Å². The smallest absolute Gasteiger partial charge is 0.269 e. The number of hydrogen-bond donors (Lipinski definition) is 1. The first-order valence-electron chi connectivity index (χ1n) is 4.95. The van der Waals surface area contributed by atoms with Crippen molar-refractivity contribution in [2.75, 3.05) is 5.73 Å². The van der Waals surface area contributed by atoms with Gasteiger partial charge in [-0.15, -0.1) is 4.98 Å². The van der Waals surface area contributed by atoms with Crippen LogP contribution in [0.2, 0.25) is 0 Å². The van der Waals surface area contributed by atoms with Gasteiger partial charge in [0.05, 0.1) is 0 Å². The van der Waals surface area contributed by atoms with Crippen molar-refractivity contribution in [2.24, 2.45) is 0 Å². The molecule has 16 heavy (non-hydrogen) atoms. The Morgan fingerprint density at radius 2 is 1.88 bits per heavy atom. The number of hydrogen-bond acceptors (Lipinski definition) is 2. The third kappa shape index (κ3) is 2.37. The predicted molar refractivity (Wildman–Crippen MR) is 64.2 cm³/mol. The maximum Gasteiger partial charge on any atom is 0.269 e. The summed E-state index contributed by atoms with van der Waals surface area (Å²) in [7, 11) is 0. The summed E-state index contributed by atoms with van der Waals surface area (Å²) in [4.78, 5) is 7.25. The van der Waals surface area contributed by atoms with Crippen molar-refractivity contribution in [1.29, 1.82) is 0 Å². The topological polar surface area (TPSA) is 43.3 Å². The summed E-state index contributed by atoms with van der Waals surface area (Å²) >= 11 is 0. The largest absolute Gasteiger partial charge is 0.399 e. The average molecular weight is 209 g/mol. The van der Waals surface area contributed by atoms with Crippen molar-refractivity contribution in [3.05, 3.63) is 65.1 Å². The Bertz CT molecular complexity index is 524. The summed E-state index contributed by atoms with van der Waals surface area (Å²) in [6.07, 6.45) is 2.46. The zero-order valence-electron chi connectivity index (χ0n) is 8.72. The molecule has 3 heteroatoms. The van der Waals surface area contributed by atoms with Crippen LogP contribution in [0.1, 0.15) is 11.1 Å². The quantitative estimate of drug-likeness (QED) is 0.610. The van der Waals surface area contributed by atoms with Crippen LogP contribution in [0.25, 0.3) is 4.85 Å². The van der Waals surface area contributed by atoms with E-state index in [0.29, 0.717) is 5.82 Å². The van der Waals surface area contributed by atoms with Crippen LogP contribution in [0.4, 0.5) is 11.5 Å². The molecule has 2 N–H and O–H groups in total. The maximum absolute atomic E-state index is 6.89. The number of nitrogens with zero attached hydrogens (tertiary/aromatic N) is 2. The van der Waals surface area contributed by atoms with Gasteiger partial charge in [0.1, 0.15) is 6.20 Å². The maximum atomic E-state index is 6.89. The summed E-state index contributed by atoms with van der Waals surface area (Å²) in [5.74, 6) is 0.438. The van der Waals surface area contributed by atoms with E-state index in [1.165, 1.54) is 5.56 Å². The van der Waals surface area contributed by atoms with Gasteiger partial charge in [0, 0.05) is 5.69 Å². The van der Waals surface area contributed by atoms with E-state index in [0.717, 1.165) is 17.7 Å². The number of anilines is 1. The van der Waals surface area contributed by atoms with Crippen molar-refractivity contribution < 1.29 is 0 Å². The van der Waals surface area contributed by atoms with E-state index in [-0.39, 0.29) is 0 Å². The van der Waals surface area contributed by atoms with Crippen molar-refractivity contribution in [1.82, 2.24) is 4.98 Å². The second kappa shape index (κ2) is 4.45. The molecule has 3 nitrogen and oxygen atoms in total. The molecule has 0 spiro atoms. The number of nitrogens with two attached hydrogens (primary N) is 1. The highest BCUT2D eigenvalue weighted by atomic mass is 14.8. The molecular weight excluding hydrogens is 198 g/mol. The first-order valence-corrected chi connectivity index (χ1v) is 4.95. The molecule has 0 saturated heterocycles. The zero-order valence-corrected chi connectivity index (χ0v) is 8.72. The van der Waals surface area contributed by atoms with Crippen molar-refractivity contribution >= 4 is 11.5 Å². The average Bonchev–Trinajstić information content (AvgIpc) is 2.32. The lowest BCUT2D eigenvalue weighted by Crippen LogP contribution is -1.90. The number of benzene rings is 1. The number of pyridine rings is 1. The molecule has 0 aliphatic rings. The molecule has 1 aromatic carbocycles. The van der Waals surface area contributed by atoms with Gasteiger partial charge < -0.3 is 10.6 Å². The minimum Gasteiger partial charge on any atom is -0.399 e. The fourth-order valence-electron chi connectivity index (χ4n) is 1.50. The number of aromatic nitrogens is 1. The van der Waals surface area contributed by atoms with Crippen molar-refractivity contribution in [3.8, 4) is 0 Å². The molecule has 1 heterocycles. The lowest BCUT2D eigenvalue weighted by Gasteiger charge is -2.02. The highest BCUT2D eigenvalue weighted by molar-refractivity contribution is 5.43. The normalized spacial score (nSPS) is 9.69. The molecule has 0 aliphatic heterocycles. The molecule has 0 bridgehead atoms. The van der Waals surface area contributed by atoms with Gasteiger partial charge in [-0.2, -0.15) is 0 Å². The van der Waals surface area contributed by atoms with E-state index in [9.17, 15) is 0 Å².